The molecule has 1 atom stereocenters. The van der Waals surface area contributed by atoms with E-state index in [4.69, 9.17) is 4.74 Å². The number of fused-ring (bicyclic) bond motifs is 3. The monoisotopic (exact) mass is 383 g/mol. The number of amides is 1. The van der Waals surface area contributed by atoms with Crippen molar-refractivity contribution in [1.82, 2.24) is 14.7 Å². The van der Waals surface area contributed by atoms with E-state index in [-0.39, 0.29) is 17.2 Å². The first-order valence-electron chi connectivity index (χ1n) is 9.06. The summed E-state index contributed by atoms with van der Waals surface area (Å²) in [5, 5.41) is 2.90. The van der Waals surface area contributed by atoms with Gasteiger partial charge >= 0.3 is 0 Å². The van der Waals surface area contributed by atoms with Crippen LogP contribution in [0.5, 0.6) is 5.75 Å². The number of carbonyl (C=O) groups excluding carboxylic acids is 1. The van der Waals surface area contributed by atoms with Crippen LogP contribution >= 0.6 is 11.3 Å². The molecule has 1 aromatic carbocycles. The van der Waals surface area contributed by atoms with Gasteiger partial charge in [-0.25, -0.2) is 4.98 Å². The molecule has 0 fully saturated rings. The first-order chi connectivity index (χ1) is 13.1. The number of para-hydroxylation sites is 1. The Morgan fingerprint density at radius 2 is 2.07 bits per heavy atom. The van der Waals surface area contributed by atoms with Crippen LogP contribution in [0.1, 0.15) is 52.3 Å². The number of benzene rings is 1. The highest BCUT2D eigenvalue weighted by atomic mass is 32.1. The lowest BCUT2D eigenvalue weighted by Gasteiger charge is -2.17. The van der Waals surface area contributed by atoms with Gasteiger partial charge < -0.3 is 10.1 Å². The van der Waals surface area contributed by atoms with Gasteiger partial charge in [0.25, 0.3) is 11.5 Å². The van der Waals surface area contributed by atoms with Crippen LogP contribution in [0, 0.1) is 0 Å². The summed E-state index contributed by atoms with van der Waals surface area (Å²) in [5.41, 5.74) is 1.66. The zero-order chi connectivity index (χ0) is 19.0. The Balaban J connectivity index is 1.67. The normalized spacial score (nSPS) is 14.6. The van der Waals surface area contributed by atoms with E-state index in [9.17, 15) is 9.59 Å². The third-order valence-electron chi connectivity index (χ3n) is 5.00. The summed E-state index contributed by atoms with van der Waals surface area (Å²) in [6.45, 7) is 1.87. The molecule has 0 spiro atoms. The lowest BCUT2D eigenvalue weighted by atomic mass is 10.0. The van der Waals surface area contributed by atoms with Crippen molar-refractivity contribution in [3.8, 4) is 5.75 Å². The molecule has 1 N–H and O–H groups in total. The number of methoxy groups -OCH3 is 1. The topological polar surface area (TPSA) is 72.7 Å². The number of aryl methyl sites for hydroxylation is 2. The molecule has 0 radical (unpaired) electrons. The number of rotatable bonds is 4. The molecule has 0 bridgehead atoms. The highest BCUT2D eigenvalue weighted by molar-refractivity contribution is 7.17. The van der Waals surface area contributed by atoms with E-state index in [1.165, 1.54) is 11.1 Å². The molecule has 27 heavy (non-hydrogen) atoms. The van der Waals surface area contributed by atoms with Gasteiger partial charge in [-0.05, 0) is 38.7 Å². The van der Waals surface area contributed by atoms with E-state index in [1.54, 1.807) is 22.8 Å². The summed E-state index contributed by atoms with van der Waals surface area (Å²) in [6.07, 6.45) is 5.43. The molecule has 1 amide bonds. The van der Waals surface area contributed by atoms with E-state index in [0.29, 0.717) is 10.7 Å². The maximum atomic E-state index is 13.0. The molecule has 3 aromatic rings. The Morgan fingerprint density at radius 3 is 2.89 bits per heavy atom. The van der Waals surface area contributed by atoms with Crippen LogP contribution in [-0.2, 0) is 12.8 Å². The molecule has 7 heteroatoms. The van der Waals surface area contributed by atoms with Gasteiger partial charge in [0.2, 0.25) is 0 Å². The third-order valence-corrected chi connectivity index (χ3v) is 6.16. The molecule has 1 aliphatic rings. The minimum atomic E-state index is -0.420. The maximum absolute atomic E-state index is 13.0. The Bertz CT molecular complexity index is 1070. The maximum Gasteiger partial charge on any atom is 0.271 e. The van der Waals surface area contributed by atoms with Gasteiger partial charge in [0, 0.05) is 22.3 Å². The average Bonchev–Trinajstić information content (AvgIpc) is 3.07. The van der Waals surface area contributed by atoms with Crippen LogP contribution in [0.4, 0.5) is 0 Å². The summed E-state index contributed by atoms with van der Waals surface area (Å²) in [6, 6.07) is 7.21. The van der Waals surface area contributed by atoms with Gasteiger partial charge in [-0.1, -0.05) is 18.2 Å². The molecular weight excluding hydrogens is 362 g/mol. The number of nitrogens with one attached hydrogen (secondary N) is 1. The summed E-state index contributed by atoms with van der Waals surface area (Å²) in [7, 11) is 1.59. The number of hydrogen-bond donors (Lipinski definition) is 1. The van der Waals surface area contributed by atoms with Gasteiger partial charge in [0.15, 0.2) is 4.96 Å². The summed E-state index contributed by atoms with van der Waals surface area (Å²) in [4.78, 5) is 32.0. The predicted molar refractivity (Wildman–Crippen MR) is 105 cm³/mol. The summed E-state index contributed by atoms with van der Waals surface area (Å²) >= 11 is 1.55. The van der Waals surface area contributed by atoms with Crippen LogP contribution in [0.3, 0.4) is 0 Å². The van der Waals surface area contributed by atoms with Crippen LogP contribution < -0.4 is 15.6 Å². The van der Waals surface area contributed by atoms with E-state index in [0.717, 1.165) is 36.9 Å². The van der Waals surface area contributed by atoms with Crippen LogP contribution in [0.2, 0.25) is 0 Å². The number of ether oxygens (including phenoxy) is 1. The minimum Gasteiger partial charge on any atom is -0.496 e. The fourth-order valence-electron chi connectivity index (χ4n) is 3.60. The van der Waals surface area contributed by atoms with Crippen LogP contribution in [0.25, 0.3) is 4.96 Å². The smallest absolute Gasteiger partial charge is 0.271 e. The highest BCUT2D eigenvalue weighted by Gasteiger charge is 2.22. The molecule has 2 aromatic heterocycles. The fourth-order valence-corrected chi connectivity index (χ4v) is 4.77. The first-order valence-corrected chi connectivity index (χ1v) is 9.88. The second kappa shape index (κ2) is 7.15. The molecule has 0 saturated heterocycles. The lowest BCUT2D eigenvalue weighted by molar-refractivity contribution is 0.0937. The van der Waals surface area contributed by atoms with Crippen molar-refractivity contribution >= 4 is 22.2 Å². The number of thiazole rings is 1. The number of nitrogens with zero attached hydrogens (tertiary/aromatic N) is 2. The Kier molecular flexibility index (Phi) is 4.70. The molecule has 0 aliphatic heterocycles. The second-order valence-corrected chi connectivity index (χ2v) is 7.77. The Hall–Kier alpha value is -2.67. The van der Waals surface area contributed by atoms with Crippen LogP contribution in [-0.4, -0.2) is 22.4 Å². The van der Waals surface area contributed by atoms with E-state index < -0.39 is 5.91 Å². The number of carbonyl (C=O) groups is 1. The van der Waals surface area contributed by atoms with Crippen molar-refractivity contribution < 1.29 is 9.53 Å². The SMILES string of the molecule is COc1ccccc1[C@@H](C)NC(=O)c1cnc2sc3c(n2c1=O)CCCC3. The molecule has 4 rings (SSSR count). The quantitative estimate of drug-likeness (QED) is 0.751. The van der Waals surface area contributed by atoms with Crippen molar-refractivity contribution in [1.29, 1.82) is 0 Å². The largest absolute Gasteiger partial charge is 0.496 e. The second-order valence-electron chi connectivity index (χ2n) is 6.71. The standard InChI is InChI=1S/C20H21N3O3S/c1-12(13-7-3-5-9-16(13)26-2)22-18(24)14-11-21-20-23(19(14)25)15-8-4-6-10-17(15)27-20/h3,5,7,9,11-12H,4,6,8,10H2,1-2H3,(H,22,24)/t12-/m1/s1. The lowest BCUT2D eigenvalue weighted by Crippen LogP contribution is -2.33. The number of aromatic nitrogens is 2. The molecule has 6 nitrogen and oxygen atoms in total. The zero-order valence-corrected chi connectivity index (χ0v) is 16.1. The van der Waals surface area contributed by atoms with Crippen molar-refractivity contribution in [2.75, 3.05) is 7.11 Å². The average molecular weight is 383 g/mol. The summed E-state index contributed by atoms with van der Waals surface area (Å²) in [5.74, 6) is 0.276. The molecule has 0 unspecified atom stereocenters. The van der Waals surface area contributed by atoms with Crippen molar-refractivity contribution in [2.45, 2.75) is 38.6 Å². The zero-order valence-electron chi connectivity index (χ0n) is 15.3. The van der Waals surface area contributed by atoms with Gasteiger partial charge in [-0.3, -0.25) is 14.0 Å². The predicted octanol–water partition coefficient (Wildman–Crippen LogP) is 3.13. The summed E-state index contributed by atoms with van der Waals surface area (Å²) < 4.78 is 6.99. The van der Waals surface area contributed by atoms with Crippen molar-refractivity contribution in [3.63, 3.8) is 0 Å². The van der Waals surface area contributed by atoms with E-state index in [1.807, 2.05) is 31.2 Å². The minimum absolute atomic E-state index is 0.0698. The molecule has 140 valence electrons. The number of hydrogen-bond acceptors (Lipinski definition) is 5. The molecule has 0 saturated carbocycles. The van der Waals surface area contributed by atoms with Gasteiger partial charge in [-0.15, -0.1) is 11.3 Å². The van der Waals surface area contributed by atoms with Gasteiger partial charge in [0.05, 0.1) is 13.2 Å². The van der Waals surface area contributed by atoms with E-state index >= 15 is 0 Å². The molecule has 2 heterocycles. The van der Waals surface area contributed by atoms with E-state index in [2.05, 4.69) is 10.3 Å². The highest BCUT2D eigenvalue weighted by Crippen LogP contribution is 2.28. The molecular formula is C20H21N3O3S. The van der Waals surface area contributed by atoms with Crippen LogP contribution in [0.15, 0.2) is 35.3 Å². The van der Waals surface area contributed by atoms with Gasteiger partial charge in [-0.2, -0.15) is 0 Å². The first kappa shape index (κ1) is 17.7. The van der Waals surface area contributed by atoms with Crippen molar-refractivity contribution in [2.24, 2.45) is 0 Å². The third kappa shape index (κ3) is 3.12. The fraction of sp³-hybridized carbons (Fsp3) is 0.350. The van der Waals surface area contributed by atoms with Gasteiger partial charge in [0.1, 0.15) is 11.3 Å². The molecule has 1 aliphatic carbocycles. The Morgan fingerprint density at radius 1 is 1.30 bits per heavy atom. The van der Waals surface area contributed by atoms with Crippen molar-refractivity contribution in [3.05, 3.63) is 62.5 Å². The Labute approximate surface area is 160 Å².